The molecule has 1 heterocycles. The predicted octanol–water partition coefficient (Wildman–Crippen LogP) is 1.66. The lowest BCUT2D eigenvalue weighted by molar-refractivity contribution is -0.143. The van der Waals surface area contributed by atoms with Crippen molar-refractivity contribution in [3.05, 3.63) is 11.8 Å². The summed E-state index contributed by atoms with van der Waals surface area (Å²) in [5.74, 6) is 0.173. The highest BCUT2D eigenvalue weighted by atomic mass is 16.4. The maximum atomic E-state index is 11.0. The maximum absolute atomic E-state index is 11.0. The van der Waals surface area contributed by atoms with E-state index in [2.05, 4.69) is 10.2 Å². The molecule has 1 N–H and O–H groups in total. The van der Waals surface area contributed by atoms with Crippen molar-refractivity contribution in [2.24, 2.45) is 0 Å². The molecule has 6 nitrogen and oxygen atoms in total. The molecular formula is C12H21N3O3. The highest BCUT2D eigenvalue weighted by Crippen LogP contribution is 2.20. The molecule has 18 heavy (non-hydrogen) atoms. The van der Waals surface area contributed by atoms with Crippen molar-refractivity contribution in [3.63, 3.8) is 0 Å². The summed E-state index contributed by atoms with van der Waals surface area (Å²) in [6, 6.07) is -0.532. The highest BCUT2D eigenvalue weighted by Gasteiger charge is 2.25. The van der Waals surface area contributed by atoms with Crippen LogP contribution in [0, 0.1) is 0 Å². The fourth-order valence-electron chi connectivity index (χ4n) is 1.62. The van der Waals surface area contributed by atoms with Crippen molar-refractivity contribution in [2.75, 3.05) is 7.05 Å². The summed E-state index contributed by atoms with van der Waals surface area (Å²) in [5, 5.41) is 17.0. The number of hydrogen-bond acceptors (Lipinski definition) is 5. The van der Waals surface area contributed by atoms with E-state index in [-0.39, 0.29) is 5.41 Å². The quantitative estimate of drug-likeness (QED) is 0.862. The van der Waals surface area contributed by atoms with Crippen LogP contribution >= 0.6 is 0 Å². The average Bonchev–Trinajstić information content (AvgIpc) is 2.65. The van der Waals surface area contributed by atoms with Gasteiger partial charge >= 0.3 is 5.97 Å². The van der Waals surface area contributed by atoms with E-state index < -0.39 is 12.0 Å². The van der Waals surface area contributed by atoms with E-state index in [1.54, 1.807) is 11.9 Å². The second-order valence-corrected chi connectivity index (χ2v) is 5.43. The van der Waals surface area contributed by atoms with Crippen LogP contribution in [0.2, 0.25) is 0 Å². The largest absolute Gasteiger partial charge is 0.480 e. The number of nitrogens with zero attached hydrogens (tertiary/aromatic N) is 3. The zero-order valence-corrected chi connectivity index (χ0v) is 11.6. The number of carboxylic acids is 1. The van der Waals surface area contributed by atoms with Gasteiger partial charge in [-0.1, -0.05) is 27.7 Å². The van der Waals surface area contributed by atoms with E-state index in [0.29, 0.717) is 24.7 Å². The van der Waals surface area contributed by atoms with E-state index in [0.717, 1.165) is 0 Å². The highest BCUT2D eigenvalue weighted by molar-refractivity contribution is 5.73. The Morgan fingerprint density at radius 3 is 2.44 bits per heavy atom. The number of hydrogen-bond donors (Lipinski definition) is 1. The van der Waals surface area contributed by atoms with Gasteiger partial charge in [-0.25, -0.2) is 0 Å². The number of aromatic nitrogens is 2. The first-order valence-electron chi connectivity index (χ1n) is 6.01. The summed E-state index contributed by atoms with van der Waals surface area (Å²) < 4.78 is 5.54. The summed E-state index contributed by atoms with van der Waals surface area (Å²) >= 11 is 0. The Morgan fingerprint density at radius 1 is 1.44 bits per heavy atom. The molecule has 1 aromatic rings. The molecule has 0 bridgehead atoms. The minimum Gasteiger partial charge on any atom is -0.480 e. The second kappa shape index (κ2) is 5.48. The van der Waals surface area contributed by atoms with Gasteiger partial charge in [-0.3, -0.25) is 9.69 Å². The van der Waals surface area contributed by atoms with E-state index in [4.69, 9.17) is 9.52 Å². The Balaban J connectivity index is 2.73. The molecule has 0 aliphatic carbocycles. The smallest absolute Gasteiger partial charge is 0.320 e. The Kier molecular flexibility index (Phi) is 4.45. The van der Waals surface area contributed by atoms with Crippen LogP contribution in [0.5, 0.6) is 0 Å². The number of aliphatic carboxylic acids is 1. The van der Waals surface area contributed by atoms with Crippen LogP contribution in [0.3, 0.4) is 0 Å². The van der Waals surface area contributed by atoms with Gasteiger partial charge in [0.2, 0.25) is 11.8 Å². The lowest BCUT2D eigenvalue weighted by atomic mass is 9.97. The molecule has 1 aromatic heterocycles. The third-order valence-corrected chi connectivity index (χ3v) is 2.70. The Bertz CT molecular complexity index is 409. The molecule has 0 aliphatic heterocycles. The fraction of sp³-hybridized carbons (Fsp3) is 0.750. The minimum atomic E-state index is -0.837. The summed E-state index contributed by atoms with van der Waals surface area (Å²) in [6.45, 7) is 8.14. The Morgan fingerprint density at radius 2 is 2.06 bits per heavy atom. The maximum Gasteiger partial charge on any atom is 0.320 e. The van der Waals surface area contributed by atoms with Crippen LogP contribution in [0.4, 0.5) is 0 Å². The monoisotopic (exact) mass is 255 g/mol. The van der Waals surface area contributed by atoms with Gasteiger partial charge < -0.3 is 9.52 Å². The molecule has 1 rings (SSSR count). The van der Waals surface area contributed by atoms with Gasteiger partial charge in [0.25, 0.3) is 0 Å². The summed E-state index contributed by atoms with van der Waals surface area (Å²) in [6.07, 6.45) is 0.534. The molecule has 0 aliphatic rings. The zero-order chi connectivity index (χ0) is 13.9. The van der Waals surface area contributed by atoms with Crippen LogP contribution in [0.1, 0.15) is 45.9 Å². The van der Waals surface area contributed by atoms with Gasteiger partial charge in [0.05, 0.1) is 6.54 Å². The van der Waals surface area contributed by atoms with E-state index >= 15 is 0 Å². The number of carbonyl (C=O) groups is 1. The summed E-state index contributed by atoms with van der Waals surface area (Å²) in [7, 11) is 1.74. The van der Waals surface area contributed by atoms with Gasteiger partial charge in [-0.15, -0.1) is 10.2 Å². The second-order valence-electron chi connectivity index (χ2n) is 5.43. The summed E-state index contributed by atoms with van der Waals surface area (Å²) in [5.41, 5.74) is -0.194. The van der Waals surface area contributed by atoms with Crippen LogP contribution < -0.4 is 0 Å². The molecule has 0 amide bonds. The van der Waals surface area contributed by atoms with Gasteiger partial charge in [0, 0.05) is 5.41 Å². The minimum absolute atomic E-state index is 0.194. The van der Waals surface area contributed by atoms with Gasteiger partial charge in [0.1, 0.15) is 6.04 Å². The van der Waals surface area contributed by atoms with Crippen molar-refractivity contribution in [2.45, 2.75) is 52.1 Å². The first-order chi connectivity index (χ1) is 8.25. The SMILES string of the molecule is CCC(C(=O)O)N(C)Cc1nnc(C(C)(C)C)o1. The predicted molar refractivity (Wildman–Crippen MR) is 66.2 cm³/mol. The van der Waals surface area contributed by atoms with Crippen molar-refractivity contribution in [3.8, 4) is 0 Å². The standard InChI is InChI=1S/C12H21N3O3/c1-6-8(10(16)17)15(5)7-9-13-14-11(18-9)12(2,3)4/h8H,6-7H2,1-5H3,(H,16,17). The topological polar surface area (TPSA) is 79.5 Å². The molecule has 0 radical (unpaired) electrons. The van der Waals surface area contributed by atoms with Crippen molar-refractivity contribution in [1.82, 2.24) is 15.1 Å². The molecular weight excluding hydrogens is 234 g/mol. The summed E-state index contributed by atoms with van der Waals surface area (Å²) in [4.78, 5) is 12.7. The lowest BCUT2D eigenvalue weighted by Crippen LogP contribution is -2.37. The van der Waals surface area contributed by atoms with Gasteiger partial charge in [-0.2, -0.15) is 0 Å². The molecule has 6 heteroatoms. The molecule has 0 spiro atoms. The van der Waals surface area contributed by atoms with Crippen LogP contribution in [0.15, 0.2) is 4.42 Å². The molecule has 0 fully saturated rings. The van der Waals surface area contributed by atoms with Crippen molar-refractivity contribution >= 4 is 5.97 Å². The molecule has 0 aromatic carbocycles. The van der Waals surface area contributed by atoms with E-state index in [1.807, 2.05) is 27.7 Å². The van der Waals surface area contributed by atoms with Crippen molar-refractivity contribution in [1.29, 1.82) is 0 Å². The van der Waals surface area contributed by atoms with Crippen LogP contribution in [0.25, 0.3) is 0 Å². The van der Waals surface area contributed by atoms with E-state index in [9.17, 15) is 4.79 Å². The lowest BCUT2D eigenvalue weighted by Gasteiger charge is -2.21. The first kappa shape index (κ1) is 14.6. The van der Waals surface area contributed by atoms with E-state index in [1.165, 1.54) is 0 Å². The molecule has 0 saturated carbocycles. The van der Waals surface area contributed by atoms with Crippen molar-refractivity contribution < 1.29 is 14.3 Å². The van der Waals surface area contributed by atoms with Crippen LogP contribution in [-0.4, -0.2) is 39.3 Å². The Hall–Kier alpha value is -1.43. The normalized spacial score (nSPS) is 13.9. The molecule has 1 unspecified atom stereocenters. The van der Waals surface area contributed by atoms with Crippen LogP contribution in [-0.2, 0) is 16.8 Å². The molecule has 1 atom stereocenters. The Labute approximate surface area is 107 Å². The number of carboxylic acid groups (broad SMARTS) is 1. The molecule has 0 saturated heterocycles. The number of rotatable bonds is 5. The fourth-order valence-corrected chi connectivity index (χ4v) is 1.62. The first-order valence-corrected chi connectivity index (χ1v) is 6.01. The third kappa shape index (κ3) is 3.53. The number of likely N-dealkylation sites (N-methyl/N-ethyl adjacent to an activating group) is 1. The third-order valence-electron chi connectivity index (χ3n) is 2.70. The van der Waals surface area contributed by atoms with Gasteiger partial charge in [-0.05, 0) is 13.5 Å². The molecule has 102 valence electrons. The average molecular weight is 255 g/mol. The zero-order valence-electron chi connectivity index (χ0n) is 11.6. The van der Waals surface area contributed by atoms with Gasteiger partial charge in [0.15, 0.2) is 0 Å².